The maximum absolute atomic E-state index is 10.2. The van der Waals surface area contributed by atoms with Gasteiger partial charge in [-0.05, 0) is 66.4 Å². The molecule has 0 spiro atoms. The predicted octanol–water partition coefficient (Wildman–Crippen LogP) is 5.74. The lowest BCUT2D eigenvalue weighted by molar-refractivity contribution is 0.473. The smallest absolute Gasteiger partial charge is 0.138 e. The number of rotatable bonds is 1. The van der Waals surface area contributed by atoms with Crippen LogP contribution in [0.2, 0.25) is 0 Å². The van der Waals surface area contributed by atoms with Gasteiger partial charge in [0.05, 0.1) is 4.47 Å². The fourth-order valence-corrected chi connectivity index (χ4v) is 2.80. The van der Waals surface area contributed by atoms with Gasteiger partial charge in [-0.3, -0.25) is 0 Å². The van der Waals surface area contributed by atoms with Gasteiger partial charge in [0.15, 0.2) is 0 Å². The van der Waals surface area contributed by atoms with Crippen molar-refractivity contribution in [1.29, 1.82) is 0 Å². The first-order valence-electron chi connectivity index (χ1n) is 5.83. The van der Waals surface area contributed by atoms with Crippen LogP contribution >= 0.6 is 31.9 Å². The van der Waals surface area contributed by atoms with Crippen LogP contribution in [0.4, 0.5) is 0 Å². The molecule has 1 N–H and O–H groups in total. The second kappa shape index (κ2) is 4.99. The lowest BCUT2D eigenvalue weighted by atomic mass is 10.0. The molecular weight excluding hydrogens is 368 g/mol. The maximum Gasteiger partial charge on any atom is 0.138 e. The minimum absolute atomic E-state index is 0.254. The Labute approximate surface area is 128 Å². The molecule has 0 aliphatic heterocycles. The highest BCUT2D eigenvalue weighted by Crippen LogP contribution is 2.40. The number of fused-ring (bicyclic) bond motifs is 1. The van der Waals surface area contributed by atoms with Crippen molar-refractivity contribution in [3.63, 3.8) is 0 Å². The van der Waals surface area contributed by atoms with Gasteiger partial charge in [0.1, 0.15) is 5.75 Å². The lowest BCUT2D eigenvalue weighted by Crippen LogP contribution is -1.82. The molecule has 0 bridgehead atoms. The molecule has 0 unspecified atom stereocenters. The molecule has 0 amide bonds. The molecule has 1 nitrogen and oxygen atoms in total. The third-order valence-corrected chi connectivity index (χ3v) is 5.13. The van der Waals surface area contributed by atoms with Gasteiger partial charge in [-0.15, -0.1) is 0 Å². The Morgan fingerprint density at radius 3 is 2.32 bits per heavy atom. The topological polar surface area (TPSA) is 20.2 Å². The molecule has 3 aromatic carbocycles. The maximum atomic E-state index is 10.2. The second-order valence-electron chi connectivity index (χ2n) is 4.32. The van der Waals surface area contributed by atoms with Crippen molar-refractivity contribution >= 4 is 42.6 Å². The highest BCUT2D eigenvalue weighted by atomic mass is 79.9. The average Bonchev–Trinajstić information content (AvgIpc) is 2.44. The number of aromatic hydroxyl groups is 1. The van der Waals surface area contributed by atoms with Crippen molar-refractivity contribution in [2.75, 3.05) is 0 Å². The van der Waals surface area contributed by atoms with Crippen LogP contribution in [0, 0.1) is 0 Å². The monoisotopic (exact) mass is 376 g/mol. The zero-order chi connectivity index (χ0) is 13.4. The van der Waals surface area contributed by atoms with Crippen molar-refractivity contribution in [2.45, 2.75) is 0 Å². The van der Waals surface area contributed by atoms with Gasteiger partial charge in [-0.2, -0.15) is 0 Å². The van der Waals surface area contributed by atoms with E-state index in [1.807, 2.05) is 30.3 Å². The Kier molecular flexibility index (Phi) is 3.33. The van der Waals surface area contributed by atoms with Crippen LogP contribution in [0.1, 0.15) is 0 Å². The summed E-state index contributed by atoms with van der Waals surface area (Å²) in [6.07, 6.45) is 0. The molecule has 3 aromatic rings. The molecule has 0 heterocycles. The Balaban J connectivity index is 2.22. The Hall–Kier alpha value is -1.32. The molecule has 94 valence electrons. The van der Waals surface area contributed by atoms with Crippen LogP contribution in [0.15, 0.2) is 63.5 Å². The fraction of sp³-hybridized carbons (Fsp3) is 0. The number of hydrogen-bond donors (Lipinski definition) is 1. The zero-order valence-corrected chi connectivity index (χ0v) is 13.1. The van der Waals surface area contributed by atoms with Crippen LogP contribution in [-0.2, 0) is 0 Å². The van der Waals surface area contributed by atoms with Gasteiger partial charge < -0.3 is 5.11 Å². The van der Waals surface area contributed by atoms with E-state index in [0.717, 1.165) is 15.6 Å². The van der Waals surface area contributed by atoms with Crippen LogP contribution in [0.3, 0.4) is 0 Å². The molecule has 3 heteroatoms. The molecule has 0 aliphatic carbocycles. The van der Waals surface area contributed by atoms with E-state index in [0.29, 0.717) is 4.47 Å². The van der Waals surface area contributed by atoms with Gasteiger partial charge in [-0.25, -0.2) is 0 Å². The molecule has 0 fully saturated rings. The summed E-state index contributed by atoms with van der Waals surface area (Å²) in [7, 11) is 0. The van der Waals surface area contributed by atoms with Gasteiger partial charge in [0.2, 0.25) is 0 Å². The third-order valence-electron chi connectivity index (χ3n) is 3.13. The largest absolute Gasteiger partial charge is 0.506 e. The first-order chi connectivity index (χ1) is 9.16. The lowest BCUT2D eigenvalue weighted by Gasteiger charge is -2.09. The molecule has 0 radical (unpaired) electrons. The minimum Gasteiger partial charge on any atom is -0.506 e. The minimum atomic E-state index is 0.254. The molecular formula is C16H10Br2O. The SMILES string of the molecule is Oc1c(-c2ccc3ccccc3c2)ccc(Br)c1Br. The summed E-state index contributed by atoms with van der Waals surface area (Å²) >= 11 is 6.77. The van der Waals surface area contributed by atoms with Gasteiger partial charge in [0, 0.05) is 10.0 Å². The summed E-state index contributed by atoms with van der Waals surface area (Å²) in [6, 6.07) is 18.2. The van der Waals surface area contributed by atoms with Gasteiger partial charge in [-0.1, -0.05) is 36.4 Å². The van der Waals surface area contributed by atoms with E-state index in [1.165, 1.54) is 10.8 Å². The Morgan fingerprint density at radius 2 is 1.53 bits per heavy atom. The summed E-state index contributed by atoms with van der Waals surface area (Å²) in [5, 5.41) is 12.6. The van der Waals surface area contributed by atoms with E-state index in [9.17, 15) is 5.11 Å². The molecule has 0 aromatic heterocycles. The number of halogens is 2. The number of benzene rings is 3. The van der Waals surface area contributed by atoms with Gasteiger partial charge in [0.25, 0.3) is 0 Å². The first-order valence-corrected chi connectivity index (χ1v) is 7.41. The van der Waals surface area contributed by atoms with E-state index in [4.69, 9.17) is 0 Å². The van der Waals surface area contributed by atoms with Crippen LogP contribution < -0.4 is 0 Å². The molecule has 0 atom stereocenters. The van der Waals surface area contributed by atoms with Crippen LogP contribution in [0.5, 0.6) is 5.75 Å². The molecule has 0 aliphatic rings. The van der Waals surface area contributed by atoms with E-state index >= 15 is 0 Å². The first kappa shape index (κ1) is 12.7. The van der Waals surface area contributed by atoms with E-state index < -0.39 is 0 Å². The second-order valence-corrected chi connectivity index (χ2v) is 5.97. The van der Waals surface area contributed by atoms with E-state index in [1.54, 1.807) is 0 Å². The van der Waals surface area contributed by atoms with Gasteiger partial charge >= 0.3 is 0 Å². The van der Waals surface area contributed by atoms with Crippen molar-refractivity contribution < 1.29 is 5.11 Å². The molecule has 0 saturated carbocycles. The summed E-state index contributed by atoms with van der Waals surface area (Å²) in [4.78, 5) is 0. The van der Waals surface area contributed by atoms with E-state index in [-0.39, 0.29) is 5.75 Å². The number of phenolic OH excluding ortho intramolecular Hbond substituents is 1. The van der Waals surface area contributed by atoms with Crippen molar-refractivity contribution in [3.05, 3.63) is 63.5 Å². The van der Waals surface area contributed by atoms with Crippen molar-refractivity contribution in [2.24, 2.45) is 0 Å². The standard InChI is InChI=1S/C16H10Br2O/c17-14-8-7-13(16(19)15(14)18)12-6-5-10-3-1-2-4-11(10)9-12/h1-9,19H. The van der Waals surface area contributed by atoms with Crippen LogP contribution in [-0.4, -0.2) is 5.11 Å². The van der Waals surface area contributed by atoms with Crippen LogP contribution in [0.25, 0.3) is 21.9 Å². The number of phenols is 1. The van der Waals surface area contributed by atoms with E-state index in [2.05, 4.69) is 56.1 Å². The fourth-order valence-electron chi connectivity index (χ4n) is 2.13. The summed E-state index contributed by atoms with van der Waals surface area (Å²) in [5.74, 6) is 0.254. The zero-order valence-electron chi connectivity index (χ0n) is 9.90. The highest BCUT2D eigenvalue weighted by molar-refractivity contribution is 9.13. The molecule has 19 heavy (non-hydrogen) atoms. The highest BCUT2D eigenvalue weighted by Gasteiger charge is 2.10. The Bertz CT molecular complexity index is 766. The predicted molar refractivity (Wildman–Crippen MR) is 86.4 cm³/mol. The normalized spacial score (nSPS) is 10.8. The average molecular weight is 378 g/mol. The summed E-state index contributed by atoms with van der Waals surface area (Å²) in [6.45, 7) is 0. The third kappa shape index (κ3) is 2.28. The summed E-state index contributed by atoms with van der Waals surface area (Å²) in [5.41, 5.74) is 1.82. The molecule has 0 saturated heterocycles. The Morgan fingerprint density at radius 1 is 0.789 bits per heavy atom. The summed E-state index contributed by atoms with van der Waals surface area (Å²) < 4.78 is 1.52. The van der Waals surface area contributed by atoms with Crippen molar-refractivity contribution in [1.82, 2.24) is 0 Å². The van der Waals surface area contributed by atoms with Crippen molar-refractivity contribution in [3.8, 4) is 16.9 Å². The quantitative estimate of drug-likeness (QED) is 0.573. The molecule has 3 rings (SSSR count). The number of hydrogen-bond acceptors (Lipinski definition) is 1.